The van der Waals surface area contributed by atoms with Crippen molar-refractivity contribution in [3.8, 4) is 5.75 Å². The molecule has 1 N–H and O–H groups in total. The van der Waals surface area contributed by atoms with Crippen LogP contribution in [0.25, 0.3) is 0 Å². The van der Waals surface area contributed by atoms with E-state index in [4.69, 9.17) is 9.47 Å². The number of aromatic amines is 1. The summed E-state index contributed by atoms with van der Waals surface area (Å²) >= 11 is 0. The van der Waals surface area contributed by atoms with Crippen molar-refractivity contribution < 1.29 is 27.4 Å². The summed E-state index contributed by atoms with van der Waals surface area (Å²) in [5, 5.41) is 11.0. The van der Waals surface area contributed by atoms with Gasteiger partial charge in [-0.05, 0) is 30.3 Å². The van der Waals surface area contributed by atoms with Crippen molar-refractivity contribution in [1.82, 2.24) is 24.9 Å². The van der Waals surface area contributed by atoms with E-state index in [0.717, 1.165) is 17.8 Å². The van der Waals surface area contributed by atoms with Crippen LogP contribution >= 0.6 is 0 Å². The van der Waals surface area contributed by atoms with E-state index >= 15 is 0 Å². The third-order valence-corrected chi connectivity index (χ3v) is 5.20. The first kappa shape index (κ1) is 21.9. The lowest BCUT2D eigenvalue weighted by atomic mass is 10.1. The molecule has 170 valence electrons. The Balaban J connectivity index is 1.36. The molecular weight excluding hydrogens is 427 g/mol. The maximum Gasteiger partial charge on any atom is 0.416 e. The van der Waals surface area contributed by atoms with Crippen molar-refractivity contribution in [3.63, 3.8) is 0 Å². The number of nitrogens with zero attached hydrogens (tertiary/aromatic N) is 4. The van der Waals surface area contributed by atoms with Crippen LogP contribution in [0.15, 0.2) is 42.6 Å². The minimum absolute atomic E-state index is 0.151. The van der Waals surface area contributed by atoms with E-state index < -0.39 is 11.7 Å². The minimum Gasteiger partial charge on any atom is -0.493 e. The van der Waals surface area contributed by atoms with Gasteiger partial charge in [-0.15, -0.1) is 0 Å². The average Bonchev–Trinajstić information content (AvgIpc) is 3.43. The monoisotopic (exact) mass is 449 g/mol. The normalized spacial score (nSPS) is 16.9. The van der Waals surface area contributed by atoms with Crippen LogP contribution < -0.4 is 4.74 Å². The van der Waals surface area contributed by atoms with Gasteiger partial charge in [0, 0.05) is 31.9 Å². The molecular formula is C21H22F3N5O3. The number of benzene rings is 1. The molecule has 2 aromatic heterocycles. The number of carbonyl (C=O) groups is 1. The molecule has 0 radical (unpaired) electrons. The van der Waals surface area contributed by atoms with Crippen LogP contribution in [0.4, 0.5) is 13.2 Å². The molecule has 1 aromatic carbocycles. The van der Waals surface area contributed by atoms with Crippen LogP contribution in [0.5, 0.6) is 5.75 Å². The lowest BCUT2D eigenvalue weighted by Gasteiger charge is -2.31. The van der Waals surface area contributed by atoms with Crippen molar-refractivity contribution in [2.75, 3.05) is 26.3 Å². The van der Waals surface area contributed by atoms with E-state index in [1.165, 1.54) is 18.3 Å². The second-order valence-electron chi connectivity index (χ2n) is 7.39. The fourth-order valence-electron chi connectivity index (χ4n) is 3.52. The van der Waals surface area contributed by atoms with E-state index in [1.807, 2.05) is 6.07 Å². The van der Waals surface area contributed by atoms with Crippen molar-refractivity contribution in [2.45, 2.75) is 18.7 Å². The van der Waals surface area contributed by atoms with Gasteiger partial charge in [0.05, 0.1) is 31.0 Å². The van der Waals surface area contributed by atoms with Crippen LogP contribution in [0, 0.1) is 0 Å². The zero-order chi connectivity index (χ0) is 22.7. The number of nitrogens with one attached hydrogen (secondary N) is 1. The second kappa shape index (κ2) is 9.03. The van der Waals surface area contributed by atoms with E-state index in [9.17, 15) is 18.0 Å². The molecule has 4 rings (SSSR count). The molecule has 8 nitrogen and oxygen atoms in total. The van der Waals surface area contributed by atoms with Crippen LogP contribution in [-0.4, -0.2) is 57.1 Å². The number of morpholine rings is 1. The van der Waals surface area contributed by atoms with Gasteiger partial charge in [-0.2, -0.15) is 23.4 Å². The third kappa shape index (κ3) is 4.93. The highest BCUT2D eigenvalue weighted by atomic mass is 19.4. The number of amides is 1. The van der Waals surface area contributed by atoms with Gasteiger partial charge in [0.15, 0.2) is 0 Å². The van der Waals surface area contributed by atoms with E-state index in [0.29, 0.717) is 37.5 Å². The van der Waals surface area contributed by atoms with Crippen molar-refractivity contribution in [3.05, 3.63) is 65.2 Å². The number of H-pyrrole nitrogens is 1. The number of ether oxygens (including phenoxy) is 2. The largest absolute Gasteiger partial charge is 0.493 e. The summed E-state index contributed by atoms with van der Waals surface area (Å²) in [7, 11) is 1.78. The number of halogens is 3. The first-order valence-electron chi connectivity index (χ1n) is 10.0. The maximum absolute atomic E-state index is 12.8. The maximum atomic E-state index is 12.8. The van der Waals surface area contributed by atoms with E-state index in [1.54, 1.807) is 22.7 Å². The first-order chi connectivity index (χ1) is 15.3. The smallest absolute Gasteiger partial charge is 0.416 e. The van der Waals surface area contributed by atoms with Gasteiger partial charge in [0.2, 0.25) is 0 Å². The number of hydrogen-bond donors (Lipinski definition) is 1. The summed E-state index contributed by atoms with van der Waals surface area (Å²) in [6.07, 6.45) is -2.82. The van der Waals surface area contributed by atoms with Crippen LogP contribution in [-0.2, 0) is 24.4 Å². The van der Waals surface area contributed by atoms with E-state index in [2.05, 4.69) is 15.3 Å². The predicted molar refractivity (Wildman–Crippen MR) is 107 cm³/mol. The summed E-state index contributed by atoms with van der Waals surface area (Å²) in [6, 6.07) is 8.28. The topological polar surface area (TPSA) is 85.3 Å². The predicted octanol–water partition coefficient (Wildman–Crippen LogP) is 3.00. The molecule has 3 heterocycles. The lowest BCUT2D eigenvalue weighted by Crippen LogP contribution is -2.42. The zero-order valence-corrected chi connectivity index (χ0v) is 17.3. The molecule has 1 amide bonds. The Labute approximate surface area is 181 Å². The quantitative estimate of drug-likeness (QED) is 0.626. The fraction of sp³-hybridized carbons (Fsp3) is 0.381. The van der Waals surface area contributed by atoms with Gasteiger partial charge in [0.25, 0.3) is 5.91 Å². The average molecular weight is 449 g/mol. The molecule has 1 fully saturated rings. The van der Waals surface area contributed by atoms with Crippen molar-refractivity contribution >= 4 is 5.91 Å². The van der Waals surface area contributed by atoms with Gasteiger partial charge in [0.1, 0.15) is 17.5 Å². The molecule has 0 aliphatic carbocycles. The summed E-state index contributed by atoms with van der Waals surface area (Å²) in [4.78, 5) is 14.2. The number of aryl methyl sites for hydroxylation is 1. The van der Waals surface area contributed by atoms with Crippen molar-refractivity contribution in [1.29, 1.82) is 0 Å². The van der Waals surface area contributed by atoms with Gasteiger partial charge < -0.3 is 14.4 Å². The van der Waals surface area contributed by atoms with Gasteiger partial charge in [-0.1, -0.05) is 6.07 Å². The summed E-state index contributed by atoms with van der Waals surface area (Å²) in [5.74, 6) is 0.00670. The second-order valence-corrected chi connectivity index (χ2v) is 7.39. The van der Waals surface area contributed by atoms with Crippen LogP contribution in [0.2, 0.25) is 0 Å². The molecule has 11 heteroatoms. The third-order valence-electron chi connectivity index (χ3n) is 5.20. The molecule has 1 aliphatic rings. The van der Waals surface area contributed by atoms with Crippen LogP contribution in [0.1, 0.15) is 33.5 Å². The van der Waals surface area contributed by atoms with Gasteiger partial charge >= 0.3 is 6.18 Å². The number of hydrogen-bond acceptors (Lipinski definition) is 5. The fourth-order valence-corrected chi connectivity index (χ4v) is 3.52. The Morgan fingerprint density at radius 2 is 2.16 bits per heavy atom. The summed E-state index contributed by atoms with van der Waals surface area (Å²) in [5.41, 5.74) is 1.19. The standard InChI is InChI=1S/C21H22F3N5O3/c1-28-15(6-9-31-16-4-2-3-14(11-16)21(22,23)24)12-18(27-28)19-13-29(8-10-32-19)20(30)17-5-7-25-26-17/h2-5,7,11-12,19H,6,8-10,13H2,1H3,(H,25,26). The molecule has 1 saturated heterocycles. The van der Waals surface area contributed by atoms with E-state index in [-0.39, 0.29) is 24.4 Å². The SMILES string of the molecule is Cn1nc(C2CN(C(=O)c3ccn[nH]3)CCO2)cc1CCOc1cccc(C(F)(F)F)c1. The Morgan fingerprint density at radius 1 is 1.31 bits per heavy atom. The number of alkyl halides is 3. The minimum atomic E-state index is -4.41. The Morgan fingerprint density at radius 3 is 2.91 bits per heavy atom. The zero-order valence-electron chi connectivity index (χ0n) is 17.3. The lowest BCUT2D eigenvalue weighted by molar-refractivity contribution is -0.137. The molecule has 3 aromatic rings. The molecule has 0 bridgehead atoms. The molecule has 32 heavy (non-hydrogen) atoms. The Kier molecular flexibility index (Phi) is 6.17. The van der Waals surface area contributed by atoms with Gasteiger partial charge in [-0.25, -0.2) is 0 Å². The molecule has 1 aliphatic heterocycles. The van der Waals surface area contributed by atoms with Crippen LogP contribution in [0.3, 0.4) is 0 Å². The molecule has 0 saturated carbocycles. The Hall–Kier alpha value is -3.34. The first-order valence-corrected chi connectivity index (χ1v) is 10.0. The number of carbonyl (C=O) groups excluding carboxylic acids is 1. The molecule has 1 atom stereocenters. The number of rotatable bonds is 6. The van der Waals surface area contributed by atoms with Crippen molar-refractivity contribution in [2.24, 2.45) is 7.05 Å². The summed E-state index contributed by atoms with van der Waals surface area (Å²) in [6.45, 7) is 1.40. The highest BCUT2D eigenvalue weighted by Crippen LogP contribution is 2.31. The summed E-state index contributed by atoms with van der Waals surface area (Å²) < 4.78 is 51.5. The highest BCUT2D eigenvalue weighted by molar-refractivity contribution is 5.92. The molecule has 1 unspecified atom stereocenters. The number of aromatic nitrogens is 4. The Bertz CT molecular complexity index is 1070. The highest BCUT2D eigenvalue weighted by Gasteiger charge is 2.31. The molecule has 0 spiro atoms. The van der Waals surface area contributed by atoms with Gasteiger partial charge in [-0.3, -0.25) is 14.6 Å².